The van der Waals surface area contributed by atoms with Crippen molar-refractivity contribution in [2.24, 2.45) is 0 Å². The molecule has 0 saturated carbocycles. The molecule has 0 spiro atoms. The lowest BCUT2D eigenvalue weighted by molar-refractivity contribution is -0.385. The summed E-state index contributed by atoms with van der Waals surface area (Å²) in [5.41, 5.74) is -0.547. The molecule has 0 aromatic heterocycles. The van der Waals surface area contributed by atoms with Crippen LogP contribution < -0.4 is 9.47 Å². The van der Waals surface area contributed by atoms with Crippen LogP contribution in [0.5, 0.6) is 11.5 Å². The standard InChI is InChI=1S/C14H9ClN2O7/c15-10-7-9(16(19)20)5-6-12(10)24-14(18)8-23-13-4-2-1-3-11(13)17(21)22/h1-7H,8H2. The molecule has 0 saturated heterocycles. The number of para-hydroxylation sites is 2. The summed E-state index contributed by atoms with van der Waals surface area (Å²) in [6, 6.07) is 8.87. The molecule has 0 amide bonds. The van der Waals surface area contributed by atoms with E-state index < -0.39 is 22.4 Å². The molecule has 0 aliphatic carbocycles. The van der Waals surface area contributed by atoms with E-state index in [-0.39, 0.29) is 27.9 Å². The van der Waals surface area contributed by atoms with Crippen LogP contribution in [0, 0.1) is 20.2 Å². The van der Waals surface area contributed by atoms with E-state index >= 15 is 0 Å². The SMILES string of the molecule is O=C(COc1ccccc1[N+](=O)[O-])Oc1ccc([N+](=O)[O-])cc1Cl. The van der Waals surface area contributed by atoms with Crippen molar-refractivity contribution in [2.45, 2.75) is 0 Å². The average molecular weight is 353 g/mol. The number of esters is 1. The monoisotopic (exact) mass is 352 g/mol. The molecule has 0 aliphatic rings. The van der Waals surface area contributed by atoms with Gasteiger partial charge in [-0.05, 0) is 12.1 Å². The zero-order chi connectivity index (χ0) is 17.7. The van der Waals surface area contributed by atoms with E-state index in [1.165, 1.54) is 30.3 Å². The van der Waals surface area contributed by atoms with Gasteiger partial charge in [0.15, 0.2) is 12.4 Å². The molecule has 2 aromatic carbocycles. The number of nitro benzene ring substituents is 2. The van der Waals surface area contributed by atoms with Gasteiger partial charge in [-0.1, -0.05) is 23.7 Å². The number of carbonyl (C=O) groups excluding carboxylic acids is 1. The lowest BCUT2D eigenvalue weighted by Gasteiger charge is -2.08. The minimum atomic E-state index is -0.871. The molecule has 0 fully saturated rings. The van der Waals surface area contributed by atoms with Crippen LogP contribution in [0.25, 0.3) is 0 Å². The lowest BCUT2D eigenvalue weighted by Crippen LogP contribution is -2.18. The molecule has 2 aromatic rings. The predicted octanol–water partition coefficient (Wildman–Crippen LogP) is 3.14. The molecule has 0 aliphatic heterocycles. The molecule has 9 nitrogen and oxygen atoms in total. The van der Waals surface area contributed by atoms with E-state index in [1.807, 2.05) is 0 Å². The summed E-state index contributed by atoms with van der Waals surface area (Å²) in [5.74, 6) is -1.04. The van der Waals surface area contributed by atoms with E-state index in [2.05, 4.69) is 0 Å². The molecule has 0 bridgehead atoms. The average Bonchev–Trinajstić information content (AvgIpc) is 2.54. The van der Waals surface area contributed by atoms with Crippen LogP contribution in [0.1, 0.15) is 0 Å². The Kier molecular flexibility index (Phi) is 5.27. The Morgan fingerprint density at radius 3 is 2.38 bits per heavy atom. The fourth-order valence-electron chi connectivity index (χ4n) is 1.70. The summed E-state index contributed by atoms with van der Waals surface area (Å²) in [6.45, 7) is -0.599. The topological polar surface area (TPSA) is 122 Å². The number of nitrogens with zero attached hydrogens (tertiary/aromatic N) is 2. The Labute approximate surface area is 139 Å². The third-order valence-electron chi connectivity index (χ3n) is 2.76. The summed E-state index contributed by atoms with van der Waals surface area (Å²) in [6.07, 6.45) is 0. The molecule has 2 rings (SSSR count). The van der Waals surface area contributed by atoms with Crippen LogP contribution in [0.15, 0.2) is 42.5 Å². The second-order valence-corrected chi connectivity index (χ2v) is 4.77. The third-order valence-corrected chi connectivity index (χ3v) is 3.05. The zero-order valence-corrected chi connectivity index (χ0v) is 12.6. The Morgan fingerprint density at radius 2 is 1.75 bits per heavy atom. The van der Waals surface area contributed by atoms with Gasteiger partial charge in [0.05, 0.1) is 14.9 Å². The smallest absolute Gasteiger partial charge is 0.349 e. The number of rotatable bonds is 6. The highest BCUT2D eigenvalue weighted by Gasteiger charge is 2.17. The van der Waals surface area contributed by atoms with Crippen LogP contribution in [0.2, 0.25) is 5.02 Å². The normalized spacial score (nSPS) is 10.0. The number of ether oxygens (including phenoxy) is 2. The Bertz CT molecular complexity index is 809. The molecule has 0 N–H and O–H groups in total. The van der Waals surface area contributed by atoms with Crippen LogP contribution in [-0.4, -0.2) is 22.4 Å². The highest BCUT2D eigenvalue weighted by molar-refractivity contribution is 6.32. The van der Waals surface area contributed by atoms with E-state index in [1.54, 1.807) is 0 Å². The van der Waals surface area contributed by atoms with Gasteiger partial charge in [0.2, 0.25) is 0 Å². The van der Waals surface area contributed by atoms with E-state index in [9.17, 15) is 25.0 Å². The first-order chi connectivity index (χ1) is 11.4. The molecule has 0 heterocycles. The first kappa shape index (κ1) is 17.2. The second kappa shape index (κ2) is 7.38. The molecule has 0 radical (unpaired) electrons. The molecule has 10 heteroatoms. The van der Waals surface area contributed by atoms with Crippen molar-refractivity contribution in [1.29, 1.82) is 0 Å². The van der Waals surface area contributed by atoms with Crippen LogP contribution >= 0.6 is 11.6 Å². The van der Waals surface area contributed by atoms with Crippen molar-refractivity contribution in [3.8, 4) is 11.5 Å². The van der Waals surface area contributed by atoms with Gasteiger partial charge >= 0.3 is 11.7 Å². The highest BCUT2D eigenvalue weighted by atomic mass is 35.5. The zero-order valence-electron chi connectivity index (χ0n) is 11.9. The number of nitro groups is 2. The van der Waals surface area contributed by atoms with Crippen molar-refractivity contribution in [2.75, 3.05) is 6.61 Å². The Balaban J connectivity index is 2.02. The Morgan fingerprint density at radius 1 is 1.04 bits per heavy atom. The van der Waals surface area contributed by atoms with Crippen molar-refractivity contribution in [1.82, 2.24) is 0 Å². The number of hydrogen-bond donors (Lipinski definition) is 0. The largest absolute Gasteiger partial charge is 0.475 e. The third kappa shape index (κ3) is 4.17. The van der Waals surface area contributed by atoms with E-state index in [4.69, 9.17) is 21.1 Å². The maximum absolute atomic E-state index is 11.7. The minimum Gasteiger partial charge on any atom is -0.475 e. The Hall–Kier alpha value is -3.20. The minimum absolute atomic E-state index is 0.0848. The fourth-order valence-corrected chi connectivity index (χ4v) is 1.92. The quantitative estimate of drug-likeness (QED) is 0.338. The number of hydrogen-bond acceptors (Lipinski definition) is 7. The van der Waals surface area contributed by atoms with Gasteiger partial charge < -0.3 is 9.47 Å². The van der Waals surface area contributed by atoms with Gasteiger partial charge in [-0.2, -0.15) is 0 Å². The van der Waals surface area contributed by atoms with Gasteiger partial charge in [-0.15, -0.1) is 0 Å². The molecular formula is C14H9ClN2O7. The van der Waals surface area contributed by atoms with Crippen molar-refractivity contribution in [3.05, 3.63) is 67.7 Å². The number of halogens is 1. The summed E-state index contributed by atoms with van der Waals surface area (Å²) in [5, 5.41) is 21.3. The lowest BCUT2D eigenvalue weighted by atomic mass is 10.3. The predicted molar refractivity (Wildman–Crippen MR) is 82.3 cm³/mol. The van der Waals surface area contributed by atoms with Crippen LogP contribution in [0.4, 0.5) is 11.4 Å². The van der Waals surface area contributed by atoms with Crippen LogP contribution in [0.3, 0.4) is 0 Å². The summed E-state index contributed by atoms with van der Waals surface area (Å²) in [7, 11) is 0. The van der Waals surface area contributed by atoms with E-state index in [0.29, 0.717) is 0 Å². The maximum Gasteiger partial charge on any atom is 0.349 e. The molecule has 24 heavy (non-hydrogen) atoms. The maximum atomic E-state index is 11.7. The van der Waals surface area contributed by atoms with Gasteiger partial charge in [0.1, 0.15) is 5.75 Å². The van der Waals surface area contributed by atoms with Gasteiger partial charge in [0, 0.05) is 18.2 Å². The summed E-state index contributed by atoms with van der Waals surface area (Å²) < 4.78 is 9.98. The molecule has 0 unspecified atom stereocenters. The number of benzene rings is 2. The van der Waals surface area contributed by atoms with Crippen LogP contribution in [-0.2, 0) is 4.79 Å². The van der Waals surface area contributed by atoms with Crippen molar-refractivity contribution in [3.63, 3.8) is 0 Å². The van der Waals surface area contributed by atoms with Crippen molar-refractivity contribution < 1.29 is 24.1 Å². The second-order valence-electron chi connectivity index (χ2n) is 4.36. The summed E-state index contributed by atoms with van der Waals surface area (Å²) in [4.78, 5) is 31.9. The molecular weight excluding hydrogens is 344 g/mol. The first-order valence-corrected chi connectivity index (χ1v) is 6.77. The number of carbonyl (C=O) groups is 1. The fraction of sp³-hybridized carbons (Fsp3) is 0.0714. The summed E-state index contributed by atoms with van der Waals surface area (Å²) >= 11 is 5.79. The van der Waals surface area contributed by atoms with E-state index in [0.717, 1.165) is 12.1 Å². The number of non-ortho nitro benzene ring substituents is 1. The first-order valence-electron chi connectivity index (χ1n) is 6.39. The molecule has 124 valence electrons. The van der Waals surface area contributed by atoms with Gasteiger partial charge in [-0.25, -0.2) is 4.79 Å². The van der Waals surface area contributed by atoms with Gasteiger partial charge in [-0.3, -0.25) is 20.2 Å². The van der Waals surface area contributed by atoms with Gasteiger partial charge in [0.25, 0.3) is 5.69 Å². The molecule has 0 atom stereocenters. The van der Waals surface area contributed by atoms with Crippen molar-refractivity contribution >= 4 is 28.9 Å². The highest BCUT2D eigenvalue weighted by Crippen LogP contribution is 2.29.